The second kappa shape index (κ2) is 10.8. The van der Waals surface area contributed by atoms with Crippen molar-refractivity contribution in [3.63, 3.8) is 0 Å². The molecule has 1 rings (SSSR count). The Kier molecular flexibility index (Phi) is 10.3. The Bertz CT molecular complexity index is 463. The minimum Gasteiger partial charge on any atom is -0.467 e. The van der Waals surface area contributed by atoms with E-state index in [1.54, 1.807) is 31.1 Å². The second-order valence-corrected chi connectivity index (χ2v) is 6.61. The highest BCUT2D eigenvalue weighted by molar-refractivity contribution is 14.0. The van der Waals surface area contributed by atoms with Crippen LogP contribution in [0, 0.1) is 0 Å². The summed E-state index contributed by atoms with van der Waals surface area (Å²) in [7, 11) is 1.68. The van der Waals surface area contributed by atoms with Crippen LogP contribution < -0.4 is 16.0 Å². The Morgan fingerprint density at radius 2 is 2.09 bits per heavy atom. The summed E-state index contributed by atoms with van der Waals surface area (Å²) < 4.78 is 5.26. The third-order valence-electron chi connectivity index (χ3n) is 2.91. The number of hydrogen-bond donors (Lipinski definition) is 3. The fraction of sp³-hybridized carbons (Fsp3) is 0.571. The number of thioether (sulfide) groups is 1. The van der Waals surface area contributed by atoms with Gasteiger partial charge in [-0.1, -0.05) is 0 Å². The molecule has 8 heteroatoms. The van der Waals surface area contributed by atoms with Gasteiger partial charge in [-0.2, -0.15) is 11.8 Å². The van der Waals surface area contributed by atoms with Crippen LogP contribution in [0.15, 0.2) is 27.8 Å². The maximum absolute atomic E-state index is 11.7. The Balaban J connectivity index is 0.00000441. The molecule has 0 aliphatic rings. The Hall–Kier alpha value is -0.900. The third-order valence-corrected chi connectivity index (χ3v) is 4.16. The molecule has 0 spiro atoms. The summed E-state index contributed by atoms with van der Waals surface area (Å²) in [6, 6.07) is 3.61. The molecule has 0 aliphatic heterocycles. The van der Waals surface area contributed by atoms with Crippen molar-refractivity contribution in [3.8, 4) is 0 Å². The molecule has 0 saturated heterocycles. The van der Waals surface area contributed by atoms with Gasteiger partial charge in [0.1, 0.15) is 5.76 Å². The van der Waals surface area contributed by atoms with Crippen LogP contribution in [-0.4, -0.2) is 43.0 Å². The first-order chi connectivity index (χ1) is 9.96. The van der Waals surface area contributed by atoms with Crippen molar-refractivity contribution in [3.05, 3.63) is 24.2 Å². The lowest BCUT2D eigenvalue weighted by Crippen LogP contribution is -2.46. The standard InChI is InChI=1S/C14H24N4O2S.HI/c1-14(2,21-4)10-18-13(15-3)17-9-12(19)16-8-11-6-5-7-20-11;/h5-7H,8-10H2,1-4H3,(H,16,19)(H2,15,17,18);1H. The van der Waals surface area contributed by atoms with Gasteiger partial charge in [0, 0.05) is 18.3 Å². The van der Waals surface area contributed by atoms with E-state index >= 15 is 0 Å². The second-order valence-electron chi connectivity index (χ2n) is 5.10. The van der Waals surface area contributed by atoms with Crippen LogP contribution in [0.4, 0.5) is 0 Å². The van der Waals surface area contributed by atoms with Crippen molar-refractivity contribution in [2.45, 2.75) is 25.1 Å². The summed E-state index contributed by atoms with van der Waals surface area (Å²) in [5.74, 6) is 1.23. The molecule has 0 bridgehead atoms. The van der Waals surface area contributed by atoms with E-state index in [9.17, 15) is 4.79 Å². The predicted octanol–water partition coefficient (Wildman–Crippen LogP) is 1.82. The molecule has 0 aliphatic carbocycles. The van der Waals surface area contributed by atoms with Gasteiger partial charge in [-0.3, -0.25) is 9.79 Å². The summed E-state index contributed by atoms with van der Waals surface area (Å²) in [6.07, 6.45) is 3.65. The van der Waals surface area contributed by atoms with Crippen molar-refractivity contribution in [2.75, 3.05) is 26.4 Å². The maximum atomic E-state index is 11.7. The van der Waals surface area contributed by atoms with Crippen LogP contribution in [0.5, 0.6) is 0 Å². The minimum atomic E-state index is -0.113. The first kappa shape index (κ1) is 21.1. The van der Waals surface area contributed by atoms with E-state index in [1.807, 2.05) is 6.07 Å². The van der Waals surface area contributed by atoms with Gasteiger partial charge < -0.3 is 20.4 Å². The summed E-state index contributed by atoms with van der Waals surface area (Å²) in [4.78, 5) is 15.8. The Labute approximate surface area is 153 Å². The average Bonchev–Trinajstić information content (AvgIpc) is 2.98. The van der Waals surface area contributed by atoms with E-state index in [1.165, 1.54) is 0 Å². The first-order valence-electron chi connectivity index (χ1n) is 6.75. The molecule has 126 valence electrons. The number of amides is 1. The van der Waals surface area contributed by atoms with Crippen LogP contribution in [0.25, 0.3) is 0 Å². The number of rotatable bonds is 7. The number of carbonyl (C=O) groups excluding carboxylic acids is 1. The molecule has 0 fully saturated rings. The fourth-order valence-corrected chi connectivity index (χ4v) is 1.63. The molecular weight excluding hydrogens is 415 g/mol. The number of nitrogens with one attached hydrogen (secondary N) is 3. The van der Waals surface area contributed by atoms with Crippen molar-refractivity contribution in [1.29, 1.82) is 0 Å². The molecule has 6 nitrogen and oxygen atoms in total. The number of furan rings is 1. The number of halogens is 1. The van der Waals surface area contributed by atoms with Gasteiger partial charge in [-0.15, -0.1) is 24.0 Å². The van der Waals surface area contributed by atoms with Gasteiger partial charge in [-0.05, 0) is 32.2 Å². The van der Waals surface area contributed by atoms with Crippen LogP contribution in [-0.2, 0) is 11.3 Å². The Morgan fingerprint density at radius 1 is 1.36 bits per heavy atom. The van der Waals surface area contributed by atoms with Gasteiger partial charge in [0.05, 0.1) is 19.4 Å². The van der Waals surface area contributed by atoms with Gasteiger partial charge in [0.15, 0.2) is 5.96 Å². The van der Waals surface area contributed by atoms with Crippen molar-refractivity contribution in [2.24, 2.45) is 4.99 Å². The zero-order valence-electron chi connectivity index (χ0n) is 13.4. The molecule has 1 amide bonds. The zero-order chi connectivity index (χ0) is 15.7. The van der Waals surface area contributed by atoms with Crippen LogP contribution in [0.3, 0.4) is 0 Å². The number of guanidine groups is 1. The lowest BCUT2D eigenvalue weighted by molar-refractivity contribution is -0.120. The predicted molar refractivity (Wildman–Crippen MR) is 103 cm³/mol. The van der Waals surface area contributed by atoms with E-state index in [2.05, 4.69) is 41.0 Å². The molecule has 1 aromatic rings. The highest BCUT2D eigenvalue weighted by atomic mass is 127. The summed E-state index contributed by atoms with van der Waals surface area (Å²) in [6.45, 7) is 5.61. The van der Waals surface area contributed by atoms with Gasteiger partial charge in [-0.25, -0.2) is 0 Å². The van der Waals surface area contributed by atoms with E-state index in [0.29, 0.717) is 12.5 Å². The van der Waals surface area contributed by atoms with E-state index < -0.39 is 0 Å². The van der Waals surface area contributed by atoms with E-state index in [4.69, 9.17) is 4.42 Å². The van der Waals surface area contributed by atoms with Crippen molar-refractivity contribution < 1.29 is 9.21 Å². The van der Waals surface area contributed by atoms with Crippen molar-refractivity contribution >= 4 is 47.6 Å². The first-order valence-corrected chi connectivity index (χ1v) is 7.98. The van der Waals surface area contributed by atoms with Gasteiger partial charge >= 0.3 is 0 Å². The third kappa shape index (κ3) is 8.52. The zero-order valence-corrected chi connectivity index (χ0v) is 16.6. The lowest BCUT2D eigenvalue weighted by atomic mass is 10.2. The normalized spacial score (nSPS) is 11.5. The van der Waals surface area contributed by atoms with Crippen molar-refractivity contribution in [1.82, 2.24) is 16.0 Å². The molecular formula is C14H25IN4O2S. The minimum absolute atomic E-state index is 0. The lowest BCUT2D eigenvalue weighted by Gasteiger charge is -2.23. The molecule has 0 saturated carbocycles. The smallest absolute Gasteiger partial charge is 0.239 e. The molecule has 0 atom stereocenters. The topological polar surface area (TPSA) is 78.7 Å². The number of nitrogens with zero attached hydrogens (tertiary/aromatic N) is 1. The number of aliphatic imine (C=N–C) groups is 1. The summed E-state index contributed by atoms with van der Waals surface area (Å²) >= 11 is 1.78. The fourth-order valence-electron chi connectivity index (χ4n) is 1.41. The summed E-state index contributed by atoms with van der Waals surface area (Å²) in [5, 5.41) is 8.95. The van der Waals surface area contributed by atoms with E-state index in [0.717, 1.165) is 12.3 Å². The average molecular weight is 440 g/mol. The molecule has 0 aromatic carbocycles. The molecule has 3 N–H and O–H groups in total. The Morgan fingerprint density at radius 3 is 2.64 bits per heavy atom. The largest absolute Gasteiger partial charge is 0.467 e. The SMILES string of the molecule is CN=C(NCC(=O)NCc1ccco1)NCC(C)(C)SC.I. The maximum Gasteiger partial charge on any atom is 0.239 e. The monoisotopic (exact) mass is 440 g/mol. The van der Waals surface area contributed by atoms with Gasteiger partial charge in [0.2, 0.25) is 5.91 Å². The molecule has 0 radical (unpaired) electrons. The number of hydrogen-bond acceptors (Lipinski definition) is 4. The quantitative estimate of drug-likeness (QED) is 0.343. The number of carbonyl (C=O) groups is 1. The molecule has 22 heavy (non-hydrogen) atoms. The van der Waals surface area contributed by atoms with Gasteiger partial charge in [0.25, 0.3) is 0 Å². The highest BCUT2D eigenvalue weighted by Gasteiger charge is 2.16. The molecule has 0 unspecified atom stereocenters. The molecule has 1 aromatic heterocycles. The summed E-state index contributed by atoms with van der Waals surface area (Å²) in [5.41, 5.74) is 0. The van der Waals surface area contributed by atoms with Crippen LogP contribution in [0.1, 0.15) is 19.6 Å². The molecule has 1 heterocycles. The van der Waals surface area contributed by atoms with Crippen LogP contribution in [0.2, 0.25) is 0 Å². The highest BCUT2D eigenvalue weighted by Crippen LogP contribution is 2.19. The van der Waals surface area contributed by atoms with E-state index in [-0.39, 0.29) is 41.2 Å². The van der Waals surface area contributed by atoms with Crippen LogP contribution >= 0.6 is 35.7 Å².